The van der Waals surface area contributed by atoms with Gasteiger partial charge in [-0.05, 0) is 52.2 Å². The van der Waals surface area contributed by atoms with Gasteiger partial charge < -0.3 is 10.1 Å². The summed E-state index contributed by atoms with van der Waals surface area (Å²) in [5, 5.41) is 4.95. The highest BCUT2D eigenvalue weighted by molar-refractivity contribution is 6.24. The molecular formula is C27H33N3O6. The Balaban J connectivity index is 1.44. The highest BCUT2D eigenvalue weighted by Gasteiger charge is 2.45. The van der Waals surface area contributed by atoms with Crippen molar-refractivity contribution >= 4 is 29.7 Å². The number of nitrogens with one attached hydrogen (secondary N) is 2. The number of rotatable bonds is 8. The molecule has 0 radical (unpaired) electrons. The van der Waals surface area contributed by atoms with Crippen LogP contribution in [0.1, 0.15) is 98.4 Å². The number of hydrogen-bond donors (Lipinski definition) is 2. The number of piperidine rings is 1. The van der Waals surface area contributed by atoms with Crippen LogP contribution >= 0.6 is 0 Å². The number of fused-ring (bicyclic) bond motifs is 1. The molecular weight excluding hydrogens is 462 g/mol. The van der Waals surface area contributed by atoms with Gasteiger partial charge in [0, 0.05) is 23.9 Å². The van der Waals surface area contributed by atoms with Gasteiger partial charge in [-0.15, -0.1) is 0 Å². The Labute approximate surface area is 211 Å². The summed E-state index contributed by atoms with van der Waals surface area (Å²) in [5.41, 5.74) is 0.602. The number of alkyl carbamates (subject to hydrolysis) is 1. The fourth-order valence-corrected chi connectivity index (χ4v) is 4.13. The van der Waals surface area contributed by atoms with Gasteiger partial charge in [-0.1, -0.05) is 37.2 Å². The molecule has 1 fully saturated rings. The van der Waals surface area contributed by atoms with Crippen molar-refractivity contribution in [3.05, 3.63) is 34.9 Å². The van der Waals surface area contributed by atoms with Crippen LogP contribution in [0.4, 0.5) is 4.79 Å². The SMILES string of the molecule is CC(C)(C)NC(=O)OCCCCCCCC#Cc1cccc2c1C(=O)N(C1CCC(=O)NC1=O)C2=O. The molecule has 5 amide bonds. The Morgan fingerprint density at radius 2 is 1.81 bits per heavy atom. The average Bonchev–Trinajstić information content (AvgIpc) is 3.05. The van der Waals surface area contributed by atoms with Crippen LogP contribution in [-0.2, 0) is 14.3 Å². The average molecular weight is 496 g/mol. The first-order valence-electron chi connectivity index (χ1n) is 12.4. The van der Waals surface area contributed by atoms with E-state index >= 15 is 0 Å². The number of carbonyl (C=O) groups is 5. The lowest BCUT2D eigenvalue weighted by atomic mass is 10.0. The van der Waals surface area contributed by atoms with E-state index in [0.717, 1.165) is 37.0 Å². The number of carbonyl (C=O) groups excluding carboxylic acids is 5. The van der Waals surface area contributed by atoms with Gasteiger partial charge in [0.25, 0.3) is 11.8 Å². The second-order valence-electron chi connectivity index (χ2n) is 10.0. The Morgan fingerprint density at radius 3 is 2.53 bits per heavy atom. The summed E-state index contributed by atoms with van der Waals surface area (Å²) >= 11 is 0. The van der Waals surface area contributed by atoms with Gasteiger partial charge in [0.1, 0.15) is 6.04 Å². The van der Waals surface area contributed by atoms with Crippen LogP contribution < -0.4 is 10.6 Å². The molecule has 1 unspecified atom stereocenters. The molecule has 1 aromatic rings. The summed E-state index contributed by atoms with van der Waals surface area (Å²) in [6.07, 6.45) is 5.08. The van der Waals surface area contributed by atoms with E-state index in [0.29, 0.717) is 18.6 Å². The normalized spacial score (nSPS) is 17.3. The van der Waals surface area contributed by atoms with E-state index in [1.165, 1.54) is 0 Å². The van der Waals surface area contributed by atoms with E-state index in [9.17, 15) is 24.0 Å². The molecule has 0 bridgehead atoms. The lowest BCUT2D eigenvalue weighted by molar-refractivity contribution is -0.136. The third kappa shape index (κ3) is 6.94. The van der Waals surface area contributed by atoms with Crippen molar-refractivity contribution in [3.63, 3.8) is 0 Å². The Hall–Kier alpha value is -3.67. The molecule has 2 N–H and O–H groups in total. The Bertz CT molecular complexity index is 1110. The summed E-state index contributed by atoms with van der Waals surface area (Å²) in [5.74, 6) is 3.97. The third-order valence-corrected chi connectivity index (χ3v) is 5.85. The van der Waals surface area contributed by atoms with Gasteiger partial charge in [0.05, 0.1) is 17.7 Å². The molecule has 3 rings (SSSR count). The quantitative estimate of drug-likeness (QED) is 0.324. The second-order valence-corrected chi connectivity index (χ2v) is 10.0. The topological polar surface area (TPSA) is 122 Å². The highest BCUT2D eigenvalue weighted by Crippen LogP contribution is 2.29. The molecule has 192 valence electrons. The number of benzene rings is 1. The van der Waals surface area contributed by atoms with Crippen LogP contribution in [0.15, 0.2) is 18.2 Å². The van der Waals surface area contributed by atoms with Gasteiger partial charge in [-0.3, -0.25) is 29.4 Å². The summed E-state index contributed by atoms with van der Waals surface area (Å²) in [7, 11) is 0. The van der Waals surface area contributed by atoms with E-state index in [2.05, 4.69) is 22.5 Å². The molecule has 2 aliphatic heterocycles. The smallest absolute Gasteiger partial charge is 0.407 e. The fourth-order valence-electron chi connectivity index (χ4n) is 4.13. The van der Waals surface area contributed by atoms with Crippen molar-refractivity contribution in [2.24, 2.45) is 0 Å². The first kappa shape index (κ1) is 26.9. The van der Waals surface area contributed by atoms with E-state index in [1.807, 2.05) is 20.8 Å². The molecule has 9 heteroatoms. The molecule has 36 heavy (non-hydrogen) atoms. The maximum atomic E-state index is 13.1. The molecule has 1 atom stereocenters. The molecule has 1 saturated heterocycles. The molecule has 0 spiro atoms. The van der Waals surface area contributed by atoms with Crippen LogP contribution in [0.25, 0.3) is 0 Å². The number of imide groups is 2. The fraction of sp³-hybridized carbons (Fsp3) is 0.519. The van der Waals surface area contributed by atoms with E-state index < -0.39 is 35.8 Å². The lowest BCUT2D eigenvalue weighted by Gasteiger charge is -2.27. The number of ether oxygens (including phenoxy) is 1. The summed E-state index contributed by atoms with van der Waals surface area (Å²) < 4.78 is 5.16. The lowest BCUT2D eigenvalue weighted by Crippen LogP contribution is -2.54. The highest BCUT2D eigenvalue weighted by atomic mass is 16.5. The summed E-state index contributed by atoms with van der Waals surface area (Å²) in [4.78, 5) is 62.1. The van der Waals surface area contributed by atoms with Gasteiger partial charge in [-0.2, -0.15) is 0 Å². The standard InChI is InChI=1S/C27H33N3O6/c1-27(2,3)29-26(35)36-17-10-8-6-4-5-7-9-12-18-13-11-14-19-22(18)25(34)30(24(19)33)20-15-16-21(31)28-23(20)32/h11,13-14,20H,4-8,10,15-17H2,1-3H3,(H,29,35)(H,28,31,32). The summed E-state index contributed by atoms with van der Waals surface area (Å²) in [6.45, 7) is 6.09. The second kappa shape index (κ2) is 11.8. The zero-order chi connectivity index (χ0) is 26.3. The maximum Gasteiger partial charge on any atom is 0.407 e. The van der Waals surface area contributed by atoms with Crippen molar-refractivity contribution < 1.29 is 28.7 Å². The molecule has 1 aromatic carbocycles. The molecule has 0 aromatic heterocycles. The maximum absolute atomic E-state index is 13.1. The molecule has 0 saturated carbocycles. The Kier molecular flexibility index (Phi) is 8.86. The van der Waals surface area contributed by atoms with E-state index in [4.69, 9.17) is 4.74 Å². The monoisotopic (exact) mass is 495 g/mol. The molecule has 2 heterocycles. The van der Waals surface area contributed by atoms with E-state index in [1.54, 1.807) is 18.2 Å². The third-order valence-electron chi connectivity index (χ3n) is 5.85. The van der Waals surface area contributed by atoms with Crippen LogP contribution in [-0.4, -0.2) is 52.8 Å². The van der Waals surface area contributed by atoms with Crippen molar-refractivity contribution in [1.82, 2.24) is 15.5 Å². The number of hydrogen-bond acceptors (Lipinski definition) is 6. The largest absolute Gasteiger partial charge is 0.450 e. The van der Waals surface area contributed by atoms with Gasteiger partial charge in [-0.25, -0.2) is 4.79 Å². The van der Waals surface area contributed by atoms with Crippen molar-refractivity contribution in [2.75, 3.05) is 6.61 Å². The van der Waals surface area contributed by atoms with Crippen LogP contribution in [0.2, 0.25) is 0 Å². The number of nitrogens with zero attached hydrogens (tertiary/aromatic N) is 1. The predicted octanol–water partition coefficient (Wildman–Crippen LogP) is 3.30. The first-order chi connectivity index (χ1) is 17.1. The van der Waals surface area contributed by atoms with Gasteiger partial charge in [0.15, 0.2) is 0 Å². The van der Waals surface area contributed by atoms with Crippen molar-refractivity contribution in [3.8, 4) is 11.8 Å². The van der Waals surface area contributed by atoms with Crippen molar-refractivity contribution in [2.45, 2.75) is 83.7 Å². The summed E-state index contributed by atoms with van der Waals surface area (Å²) in [6, 6.07) is 3.93. The van der Waals surface area contributed by atoms with Crippen molar-refractivity contribution in [1.29, 1.82) is 0 Å². The minimum absolute atomic E-state index is 0.0794. The number of unbranched alkanes of at least 4 members (excludes halogenated alkanes) is 5. The van der Waals surface area contributed by atoms with Crippen LogP contribution in [0.5, 0.6) is 0 Å². The zero-order valence-corrected chi connectivity index (χ0v) is 21.1. The van der Waals surface area contributed by atoms with Crippen LogP contribution in [0, 0.1) is 11.8 Å². The predicted molar refractivity (Wildman–Crippen MR) is 132 cm³/mol. The molecule has 9 nitrogen and oxygen atoms in total. The Morgan fingerprint density at radius 1 is 1.08 bits per heavy atom. The minimum atomic E-state index is -0.991. The first-order valence-corrected chi connectivity index (χ1v) is 12.4. The van der Waals surface area contributed by atoms with Crippen LogP contribution in [0.3, 0.4) is 0 Å². The number of amides is 5. The van der Waals surface area contributed by atoms with Gasteiger partial charge in [0.2, 0.25) is 11.8 Å². The van der Waals surface area contributed by atoms with E-state index in [-0.39, 0.29) is 29.5 Å². The molecule has 0 aliphatic carbocycles. The van der Waals surface area contributed by atoms with Gasteiger partial charge >= 0.3 is 6.09 Å². The zero-order valence-electron chi connectivity index (χ0n) is 21.1. The molecule has 2 aliphatic rings. The minimum Gasteiger partial charge on any atom is -0.450 e.